The van der Waals surface area contributed by atoms with Crippen molar-refractivity contribution in [1.82, 2.24) is 10.3 Å². The van der Waals surface area contributed by atoms with Crippen LogP contribution in [0.5, 0.6) is 0 Å². The molecule has 3 heteroatoms. The Kier molecular flexibility index (Phi) is 3.76. The van der Waals surface area contributed by atoms with Crippen LogP contribution in [0.4, 0.5) is 0 Å². The van der Waals surface area contributed by atoms with Crippen LogP contribution in [0.25, 0.3) is 10.9 Å². The number of nitrogens with zero attached hydrogens (tertiary/aromatic N) is 1. The fraction of sp³-hybridized carbons (Fsp3) is 0.438. The molecule has 0 bridgehead atoms. The van der Waals surface area contributed by atoms with Gasteiger partial charge in [-0.25, -0.2) is 0 Å². The minimum Gasteiger partial charge on any atom is -0.373 e. The van der Waals surface area contributed by atoms with Crippen molar-refractivity contribution in [3.05, 3.63) is 42.1 Å². The topological polar surface area (TPSA) is 34.1 Å². The van der Waals surface area contributed by atoms with E-state index in [1.54, 1.807) is 0 Å². The average molecular weight is 256 g/mol. The van der Waals surface area contributed by atoms with Crippen LogP contribution in [0.3, 0.4) is 0 Å². The first kappa shape index (κ1) is 12.6. The second kappa shape index (κ2) is 5.68. The molecule has 2 unspecified atom stereocenters. The van der Waals surface area contributed by atoms with Crippen LogP contribution in [-0.2, 0) is 4.74 Å². The number of fused-ring (bicyclic) bond motifs is 1. The fourth-order valence-corrected chi connectivity index (χ4v) is 2.81. The van der Waals surface area contributed by atoms with Gasteiger partial charge in [0.05, 0.1) is 11.6 Å². The Bertz CT molecular complexity index is 555. The maximum Gasteiger partial charge on any atom is 0.0866 e. The summed E-state index contributed by atoms with van der Waals surface area (Å²) in [4.78, 5) is 4.36. The van der Waals surface area contributed by atoms with Crippen molar-refractivity contribution in [1.29, 1.82) is 0 Å². The first-order chi connectivity index (χ1) is 9.38. The van der Waals surface area contributed by atoms with Crippen LogP contribution < -0.4 is 5.32 Å². The molecule has 100 valence electrons. The van der Waals surface area contributed by atoms with E-state index in [0.717, 1.165) is 31.6 Å². The molecule has 0 saturated carbocycles. The Labute approximate surface area is 114 Å². The average Bonchev–Trinajstić information content (AvgIpc) is 2.93. The Balaban J connectivity index is 1.86. The van der Waals surface area contributed by atoms with Gasteiger partial charge in [0.25, 0.3) is 0 Å². The molecule has 0 aliphatic carbocycles. The molecule has 0 radical (unpaired) electrons. The maximum atomic E-state index is 5.94. The van der Waals surface area contributed by atoms with Gasteiger partial charge in [0.15, 0.2) is 0 Å². The van der Waals surface area contributed by atoms with E-state index in [4.69, 9.17) is 4.74 Å². The van der Waals surface area contributed by atoms with Crippen molar-refractivity contribution in [2.24, 2.45) is 5.92 Å². The van der Waals surface area contributed by atoms with E-state index < -0.39 is 0 Å². The standard InChI is InChI=1S/C16H20N2O/c1-2-17-11-14-7-9-19-16(14)13-5-6-15-12(10-13)4-3-8-18-15/h3-6,8,10,14,16-17H,2,7,9,11H2,1H3. The van der Waals surface area contributed by atoms with E-state index in [1.165, 1.54) is 10.9 Å². The largest absolute Gasteiger partial charge is 0.373 e. The SMILES string of the molecule is CCNCC1CCOC1c1ccc2ncccc2c1. The summed E-state index contributed by atoms with van der Waals surface area (Å²) in [6.07, 6.45) is 3.20. The smallest absolute Gasteiger partial charge is 0.0866 e. The van der Waals surface area contributed by atoms with Crippen molar-refractivity contribution < 1.29 is 4.74 Å². The van der Waals surface area contributed by atoms with E-state index in [2.05, 4.69) is 41.5 Å². The zero-order valence-corrected chi connectivity index (χ0v) is 11.3. The molecule has 2 aromatic rings. The molecule has 1 aliphatic heterocycles. The van der Waals surface area contributed by atoms with Gasteiger partial charge < -0.3 is 10.1 Å². The zero-order chi connectivity index (χ0) is 13.1. The molecule has 0 amide bonds. The van der Waals surface area contributed by atoms with E-state index in [-0.39, 0.29) is 6.10 Å². The van der Waals surface area contributed by atoms with Gasteiger partial charge in [0.1, 0.15) is 0 Å². The summed E-state index contributed by atoms with van der Waals surface area (Å²) >= 11 is 0. The van der Waals surface area contributed by atoms with Crippen LogP contribution in [0.2, 0.25) is 0 Å². The van der Waals surface area contributed by atoms with Crippen LogP contribution >= 0.6 is 0 Å². The number of nitrogens with one attached hydrogen (secondary N) is 1. The van der Waals surface area contributed by atoms with E-state index >= 15 is 0 Å². The van der Waals surface area contributed by atoms with Gasteiger partial charge in [-0.05, 0) is 36.7 Å². The molecule has 1 aliphatic rings. The molecule has 2 atom stereocenters. The summed E-state index contributed by atoms with van der Waals surface area (Å²) in [5, 5.41) is 4.63. The number of benzene rings is 1. The third-order valence-corrected chi connectivity index (χ3v) is 3.83. The Morgan fingerprint density at radius 1 is 1.37 bits per heavy atom. The summed E-state index contributed by atoms with van der Waals surface area (Å²) in [6.45, 7) is 5.06. The molecule has 1 aromatic carbocycles. The number of hydrogen-bond acceptors (Lipinski definition) is 3. The Morgan fingerprint density at radius 3 is 3.21 bits per heavy atom. The lowest BCUT2D eigenvalue weighted by molar-refractivity contribution is 0.0907. The van der Waals surface area contributed by atoms with Crippen LogP contribution in [0.1, 0.15) is 25.0 Å². The number of rotatable bonds is 4. The fourth-order valence-electron chi connectivity index (χ4n) is 2.81. The van der Waals surface area contributed by atoms with Gasteiger partial charge >= 0.3 is 0 Å². The lowest BCUT2D eigenvalue weighted by atomic mass is 9.94. The lowest BCUT2D eigenvalue weighted by Gasteiger charge is -2.19. The molecular weight excluding hydrogens is 236 g/mol. The molecule has 1 N–H and O–H groups in total. The number of hydrogen-bond donors (Lipinski definition) is 1. The van der Waals surface area contributed by atoms with Crippen LogP contribution in [-0.4, -0.2) is 24.7 Å². The number of ether oxygens (including phenoxy) is 1. The normalized spacial score (nSPS) is 23.0. The Hall–Kier alpha value is -1.45. The van der Waals surface area contributed by atoms with Crippen molar-refractivity contribution >= 4 is 10.9 Å². The van der Waals surface area contributed by atoms with Crippen molar-refractivity contribution in [2.45, 2.75) is 19.4 Å². The van der Waals surface area contributed by atoms with E-state index in [1.807, 2.05) is 12.3 Å². The molecule has 0 spiro atoms. The third-order valence-electron chi connectivity index (χ3n) is 3.83. The van der Waals surface area contributed by atoms with Gasteiger partial charge in [-0.15, -0.1) is 0 Å². The van der Waals surface area contributed by atoms with Crippen LogP contribution in [0, 0.1) is 5.92 Å². The summed E-state index contributed by atoms with van der Waals surface area (Å²) in [5.74, 6) is 0.578. The molecule has 19 heavy (non-hydrogen) atoms. The molecule has 1 saturated heterocycles. The monoisotopic (exact) mass is 256 g/mol. The number of pyridine rings is 1. The number of aromatic nitrogens is 1. The zero-order valence-electron chi connectivity index (χ0n) is 11.3. The minimum atomic E-state index is 0.226. The summed E-state index contributed by atoms with van der Waals surface area (Å²) in [5.41, 5.74) is 2.33. The van der Waals surface area contributed by atoms with Crippen molar-refractivity contribution in [3.8, 4) is 0 Å². The highest BCUT2D eigenvalue weighted by molar-refractivity contribution is 5.79. The molecular formula is C16H20N2O. The molecule has 1 aromatic heterocycles. The predicted octanol–water partition coefficient (Wildman–Crippen LogP) is 2.92. The quantitative estimate of drug-likeness (QED) is 0.913. The highest BCUT2D eigenvalue weighted by Crippen LogP contribution is 2.35. The first-order valence-corrected chi connectivity index (χ1v) is 7.05. The summed E-state index contributed by atoms with van der Waals surface area (Å²) in [6, 6.07) is 10.6. The first-order valence-electron chi connectivity index (χ1n) is 7.05. The molecule has 3 rings (SSSR count). The summed E-state index contributed by atoms with van der Waals surface area (Å²) in [7, 11) is 0. The molecule has 1 fully saturated rings. The second-order valence-corrected chi connectivity index (χ2v) is 5.10. The van der Waals surface area contributed by atoms with Gasteiger partial charge in [-0.3, -0.25) is 4.98 Å². The second-order valence-electron chi connectivity index (χ2n) is 5.10. The van der Waals surface area contributed by atoms with E-state index in [0.29, 0.717) is 5.92 Å². The van der Waals surface area contributed by atoms with Gasteiger partial charge in [0.2, 0.25) is 0 Å². The third kappa shape index (κ3) is 2.62. The molecule has 3 nitrogen and oxygen atoms in total. The highest BCUT2D eigenvalue weighted by Gasteiger charge is 2.29. The Morgan fingerprint density at radius 2 is 2.32 bits per heavy atom. The highest BCUT2D eigenvalue weighted by atomic mass is 16.5. The van der Waals surface area contributed by atoms with E-state index in [9.17, 15) is 0 Å². The predicted molar refractivity (Wildman–Crippen MR) is 77.1 cm³/mol. The van der Waals surface area contributed by atoms with Gasteiger partial charge in [-0.1, -0.05) is 19.1 Å². The summed E-state index contributed by atoms with van der Waals surface area (Å²) < 4.78 is 5.94. The maximum absolute atomic E-state index is 5.94. The lowest BCUT2D eigenvalue weighted by Crippen LogP contribution is -2.24. The molecule has 2 heterocycles. The van der Waals surface area contributed by atoms with Crippen molar-refractivity contribution in [3.63, 3.8) is 0 Å². The van der Waals surface area contributed by atoms with Gasteiger partial charge in [0, 0.05) is 30.7 Å². The van der Waals surface area contributed by atoms with Crippen molar-refractivity contribution in [2.75, 3.05) is 19.7 Å². The van der Waals surface area contributed by atoms with Gasteiger partial charge in [-0.2, -0.15) is 0 Å². The minimum absolute atomic E-state index is 0.226. The van der Waals surface area contributed by atoms with Crippen LogP contribution in [0.15, 0.2) is 36.5 Å².